The number of hydrogen-bond acceptors (Lipinski definition) is 4. The van der Waals surface area contributed by atoms with E-state index in [1.807, 2.05) is 30.3 Å². The van der Waals surface area contributed by atoms with Crippen molar-refractivity contribution in [1.82, 2.24) is 5.32 Å². The zero-order chi connectivity index (χ0) is 21.1. The highest BCUT2D eigenvalue weighted by Gasteiger charge is 2.14. The first-order valence-corrected chi connectivity index (χ1v) is 10.5. The Labute approximate surface area is 178 Å². The Kier molecular flexibility index (Phi) is 9.44. The van der Waals surface area contributed by atoms with Gasteiger partial charge < -0.3 is 14.8 Å². The van der Waals surface area contributed by atoms with Gasteiger partial charge in [-0.25, -0.2) is 0 Å². The molecule has 0 aromatic heterocycles. The molecule has 2 rings (SSSR count). The van der Waals surface area contributed by atoms with Gasteiger partial charge in [-0.2, -0.15) is 0 Å². The third-order valence-corrected chi connectivity index (χ3v) is 4.39. The maximum atomic E-state index is 12.6. The third-order valence-electron chi connectivity index (χ3n) is 4.19. The summed E-state index contributed by atoms with van der Waals surface area (Å²) < 4.78 is 11.4. The van der Waals surface area contributed by atoms with Crippen LogP contribution in [0.25, 0.3) is 0 Å². The SMILES string of the molecule is CCCCOc1ccc(NC(=S)NC(=O)c2ccccc2OCCC(C)C)cc1. The molecule has 5 nitrogen and oxygen atoms in total. The summed E-state index contributed by atoms with van der Waals surface area (Å²) in [7, 11) is 0. The van der Waals surface area contributed by atoms with Crippen LogP contribution in [0.1, 0.15) is 50.4 Å². The van der Waals surface area contributed by atoms with Crippen LogP contribution in [0, 0.1) is 5.92 Å². The average molecular weight is 415 g/mol. The summed E-state index contributed by atoms with van der Waals surface area (Å²) in [5, 5.41) is 5.96. The van der Waals surface area contributed by atoms with E-state index in [4.69, 9.17) is 21.7 Å². The van der Waals surface area contributed by atoms with Gasteiger partial charge >= 0.3 is 0 Å². The minimum absolute atomic E-state index is 0.228. The Morgan fingerprint density at radius 1 is 1.03 bits per heavy atom. The molecule has 0 unspecified atom stereocenters. The summed E-state index contributed by atoms with van der Waals surface area (Å²) >= 11 is 5.28. The summed E-state index contributed by atoms with van der Waals surface area (Å²) in [5.74, 6) is 1.60. The summed E-state index contributed by atoms with van der Waals surface area (Å²) in [6.45, 7) is 7.67. The topological polar surface area (TPSA) is 59.6 Å². The number of amides is 1. The van der Waals surface area contributed by atoms with Crippen LogP contribution in [0.4, 0.5) is 5.69 Å². The first-order valence-electron chi connectivity index (χ1n) is 10.1. The standard InChI is InChI=1S/C23H30N2O3S/c1-4-5-15-27-19-12-10-18(11-13-19)24-23(29)25-22(26)20-8-6-7-9-21(20)28-16-14-17(2)3/h6-13,17H,4-5,14-16H2,1-3H3,(H2,24,25,26,29). The lowest BCUT2D eigenvalue weighted by Crippen LogP contribution is -2.34. The van der Waals surface area contributed by atoms with Crippen molar-refractivity contribution < 1.29 is 14.3 Å². The Hall–Kier alpha value is -2.60. The van der Waals surface area contributed by atoms with E-state index in [2.05, 4.69) is 31.4 Å². The Morgan fingerprint density at radius 2 is 1.76 bits per heavy atom. The predicted octanol–water partition coefficient (Wildman–Crippen LogP) is 5.42. The molecule has 2 N–H and O–H groups in total. The molecule has 0 bridgehead atoms. The first kappa shape index (κ1) is 22.7. The number of hydrogen-bond donors (Lipinski definition) is 2. The number of thiocarbonyl (C=S) groups is 1. The second-order valence-corrected chi connectivity index (χ2v) is 7.57. The van der Waals surface area contributed by atoms with E-state index in [9.17, 15) is 4.79 Å². The second kappa shape index (κ2) is 12.1. The average Bonchev–Trinajstić information content (AvgIpc) is 2.69. The van der Waals surface area contributed by atoms with Crippen LogP contribution in [-0.4, -0.2) is 24.2 Å². The normalized spacial score (nSPS) is 10.5. The van der Waals surface area contributed by atoms with Gasteiger partial charge in [0.05, 0.1) is 18.8 Å². The van der Waals surface area contributed by atoms with Gasteiger partial charge in [-0.3, -0.25) is 10.1 Å². The molecule has 0 aliphatic heterocycles. The smallest absolute Gasteiger partial charge is 0.261 e. The van der Waals surface area contributed by atoms with Gasteiger partial charge in [0.1, 0.15) is 11.5 Å². The van der Waals surface area contributed by atoms with Gasteiger partial charge in [0.15, 0.2) is 5.11 Å². The van der Waals surface area contributed by atoms with E-state index in [0.717, 1.165) is 30.7 Å². The molecule has 1 amide bonds. The largest absolute Gasteiger partial charge is 0.494 e. The highest BCUT2D eigenvalue weighted by Crippen LogP contribution is 2.19. The summed E-state index contributed by atoms with van der Waals surface area (Å²) in [4.78, 5) is 12.6. The van der Waals surface area contributed by atoms with Gasteiger partial charge in [0.25, 0.3) is 5.91 Å². The fourth-order valence-corrected chi connectivity index (χ4v) is 2.70. The van der Waals surface area contributed by atoms with Crippen molar-refractivity contribution in [2.45, 2.75) is 40.0 Å². The number of para-hydroxylation sites is 1. The molecule has 0 fully saturated rings. The number of nitrogens with one attached hydrogen (secondary N) is 2. The van der Waals surface area contributed by atoms with E-state index < -0.39 is 0 Å². The number of benzene rings is 2. The fourth-order valence-electron chi connectivity index (χ4n) is 2.49. The Bertz CT molecular complexity index is 791. The lowest BCUT2D eigenvalue weighted by molar-refractivity contribution is 0.0973. The van der Waals surface area contributed by atoms with Crippen molar-refractivity contribution >= 4 is 28.9 Å². The van der Waals surface area contributed by atoms with Gasteiger partial charge in [0.2, 0.25) is 0 Å². The van der Waals surface area contributed by atoms with Crippen molar-refractivity contribution in [3.05, 3.63) is 54.1 Å². The van der Waals surface area contributed by atoms with Gasteiger partial charge in [-0.1, -0.05) is 39.3 Å². The van der Waals surface area contributed by atoms with E-state index in [1.165, 1.54) is 0 Å². The molecular formula is C23H30N2O3S. The molecular weight excluding hydrogens is 384 g/mol. The highest BCUT2D eigenvalue weighted by molar-refractivity contribution is 7.80. The van der Waals surface area contributed by atoms with Gasteiger partial charge in [-0.05, 0) is 67.4 Å². The van der Waals surface area contributed by atoms with Crippen LogP contribution < -0.4 is 20.1 Å². The third kappa shape index (κ3) is 8.11. The van der Waals surface area contributed by atoms with Crippen LogP contribution in [0.5, 0.6) is 11.5 Å². The molecule has 0 aliphatic rings. The van der Waals surface area contributed by atoms with Crippen molar-refractivity contribution in [3.8, 4) is 11.5 Å². The number of carbonyl (C=O) groups is 1. The van der Waals surface area contributed by atoms with Crippen molar-refractivity contribution in [2.75, 3.05) is 18.5 Å². The van der Waals surface area contributed by atoms with Crippen LogP contribution >= 0.6 is 12.2 Å². The lowest BCUT2D eigenvalue weighted by Gasteiger charge is -2.14. The molecule has 2 aromatic rings. The highest BCUT2D eigenvalue weighted by atomic mass is 32.1. The van der Waals surface area contributed by atoms with Crippen LogP contribution in [0.2, 0.25) is 0 Å². The lowest BCUT2D eigenvalue weighted by atomic mass is 10.1. The van der Waals surface area contributed by atoms with Crippen molar-refractivity contribution in [1.29, 1.82) is 0 Å². The molecule has 29 heavy (non-hydrogen) atoms. The zero-order valence-electron chi connectivity index (χ0n) is 17.4. The fraction of sp³-hybridized carbons (Fsp3) is 0.391. The maximum absolute atomic E-state index is 12.6. The summed E-state index contributed by atoms with van der Waals surface area (Å²) in [6, 6.07) is 14.7. The number of carbonyl (C=O) groups excluding carboxylic acids is 1. The molecule has 6 heteroatoms. The molecule has 0 radical (unpaired) electrons. The zero-order valence-corrected chi connectivity index (χ0v) is 18.2. The number of rotatable bonds is 10. The Balaban J connectivity index is 1.89. The molecule has 0 atom stereocenters. The monoisotopic (exact) mass is 414 g/mol. The van der Waals surface area contributed by atoms with Crippen molar-refractivity contribution in [3.63, 3.8) is 0 Å². The van der Waals surface area contributed by atoms with Gasteiger partial charge in [-0.15, -0.1) is 0 Å². The molecule has 2 aromatic carbocycles. The molecule has 0 heterocycles. The number of unbranched alkanes of at least 4 members (excludes halogenated alkanes) is 1. The van der Waals surface area contributed by atoms with Crippen molar-refractivity contribution in [2.24, 2.45) is 5.92 Å². The molecule has 156 valence electrons. The first-order chi connectivity index (χ1) is 14.0. The second-order valence-electron chi connectivity index (χ2n) is 7.16. The van der Waals surface area contributed by atoms with E-state index in [0.29, 0.717) is 30.4 Å². The van der Waals surface area contributed by atoms with E-state index in [-0.39, 0.29) is 11.0 Å². The molecule has 0 spiro atoms. The Morgan fingerprint density at radius 3 is 2.45 bits per heavy atom. The number of ether oxygens (including phenoxy) is 2. The predicted molar refractivity (Wildman–Crippen MR) is 122 cm³/mol. The summed E-state index contributed by atoms with van der Waals surface area (Å²) in [6.07, 6.45) is 3.05. The molecule has 0 aliphatic carbocycles. The molecule has 0 saturated heterocycles. The number of anilines is 1. The van der Waals surface area contributed by atoms with E-state index in [1.54, 1.807) is 18.2 Å². The quantitative estimate of drug-likeness (QED) is 0.402. The van der Waals surface area contributed by atoms with Crippen LogP contribution in [-0.2, 0) is 0 Å². The maximum Gasteiger partial charge on any atom is 0.261 e. The van der Waals surface area contributed by atoms with Gasteiger partial charge in [0, 0.05) is 5.69 Å². The minimum Gasteiger partial charge on any atom is -0.494 e. The van der Waals surface area contributed by atoms with Crippen LogP contribution in [0.15, 0.2) is 48.5 Å². The molecule has 0 saturated carbocycles. The van der Waals surface area contributed by atoms with E-state index >= 15 is 0 Å². The minimum atomic E-state index is -0.304. The van der Waals surface area contributed by atoms with Crippen LogP contribution in [0.3, 0.4) is 0 Å². The summed E-state index contributed by atoms with van der Waals surface area (Å²) in [5.41, 5.74) is 1.24.